The van der Waals surface area contributed by atoms with Gasteiger partial charge in [-0.25, -0.2) is 4.39 Å². The lowest BCUT2D eigenvalue weighted by Gasteiger charge is -2.11. The van der Waals surface area contributed by atoms with Gasteiger partial charge in [-0.1, -0.05) is 42.2 Å². The van der Waals surface area contributed by atoms with Crippen molar-refractivity contribution in [1.82, 2.24) is 5.32 Å². The number of benzene rings is 2. The Morgan fingerprint density at radius 1 is 1.31 bits per heavy atom. The summed E-state index contributed by atoms with van der Waals surface area (Å²) in [6.45, 7) is 0. The molecule has 0 radical (unpaired) electrons. The number of halogens is 1. The van der Waals surface area contributed by atoms with Crippen LogP contribution in [0.25, 0.3) is 6.08 Å². The first kappa shape index (κ1) is 21.0. The molecular weight excluding hydrogens is 415 g/mol. The molecule has 0 bridgehead atoms. The number of carbonyl (C=O) groups excluding carboxylic acids is 2. The van der Waals surface area contributed by atoms with Gasteiger partial charge in [0.1, 0.15) is 16.1 Å². The molecule has 3 rings (SSSR count). The Kier molecular flexibility index (Phi) is 6.63. The molecule has 9 heteroatoms. The summed E-state index contributed by atoms with van der Waals surface area (Å²) in [7, 11) is 1.28. The number of hydrogen-bond acceptors (Lipinski definition) is 7. The maximum absolute atomic E-state index is 14.4. The minimum atomic E-state index is -0.750. The van der Waals surface area contributed by atoms with Crippen molar-refractivity contribution in [3.63, 3.8) is 0 Å². The summed E-state index contributed by atoms with van der Waals surface area (Å²) in [5, 5.41) is 2.51. The van der Waals surface area contributed by atoms with Gasteiger partial charge in [0.2, 0.25) is 0 Å². The zero-order chi connectivity index (χ0) is 21.0. The van der Waals surface area contributed by atoms with Crippen LogP contribution in [-0.2, 0) is 20.7 Å². The number of ether oxygens (including phenoxy) is 2. The fraction of sp³-hybridized carbons (Fsp3) is 0.150. The molecule has 1 fully saturated rings. The van der Waals surface area contributed by atoms with Gasteiger partial charge in [-0.05, 0) is 47.9 Å². The number of amides is 1. The van der Waals surface area contributed by atoms with E-state index in [1.807, 2.05) is 0 Å². The highest BCUT2D eigenvalue weighted by Gasteiger charge is 2.22. The predicted molar refractivity (Wildman–Crippen MR) is 113 cm³/mol. The van der Waals surface area contributed by atoms with Crippen molar-refractivity contribution in [2.24, 2.45) is 5.73 Å². The van der Waals surface area contributed by atoms with E-state index in [0.717, 1.165) is 17.3 Å². The maximum atomic E-state index is 14.4. The van der Waals surface area contributed by atoms with Gasteiger partial charge in [0.15, 0.2) is 11.6 Å². The van der Waals surface area contributed by atoms with E-state index in [-0.39, 0.29) is 11.7 Å². The minimum Gasteiger partial charge on any atom is -0.468 e. The topological polar surface area (TPSA) is 90.7 Å². The van der Waals surface area contributed by atoms with E-state index in [0.29, 0.717) is 27.0 Å². The third-order valence-electron chi connectivity index (χ3n) is 4.01. The van der Waals surface area contributed by atoms with Gasteiger partial charge in [-0.2, -0.15) is 0 Å². The van der Waals surface area contributed by atoms with E-state index in [9.17, 15) is 14.0 Å². The Labute approximate surface area is 176 Å². The van der Waals surface area contributed by atoms with E-state index >= 15 is 0 Å². The number of nitrogens with one attached hydrogen (secondary N) is 1. The number of thiocarbonyl (C=S) groups is 1. The summed E-state index contributed by atoms with van der Waals surface area (Å²) >= 11 is 6.06. The first-order valence-corrected chi connectivity index (χ1v) is 9.73. The highest BCUT2D eigenvalue weighted by Crippen LogP contribution is 2.29. The molecule has 1 atom stereocenters. The second-order valence-electron chi connectivity index (χ2n) is 6.12. The van der Waals surface area contributed by atoms with Crippen molar-refractivity contribution in [2.45, 2.75) is 12.5 Å². The number of nitrogens with two attached hydrogens (primary N) is 1. The van der Waals surface area contributed by atoms with Crippen molar-refractivity contribution in [3.05, 3.63) is 64.3 Å². The highest BCUT2D eigenvalue weighted by atomic mass is 32.2. The molecule has 0 saturated carbocycles. The average molecular weight is 432 g/mol. The summed E-state index contributed by atoms with van der Waals surface area (Å²) in [4.78, 5) is 23.5. The quantitative estimate of drug-likeness (QED) is 0.412. The van der Waals surface area contributed by atoms with Crippen molar-refractivity contribution in [3.8, 4) is 11.5 Å². The van der Waals surface area contributed by atoms with Gasteiger partial charge in [0.25, 0.3) is 5.91 Å². The van der Waals surface area contributed by atoms with Crippen LogP contribution in [-0.4, -0.2) is 29.3 Å². The van der Waals surface area contributed by atoms with Crippen LogP contribution in [0.4, 0.5) is 4.39 Å². The van der Waals surface area contributed by atoms with Gasteiger partial charge in [-0.15, -0.1) is 0 Å². The molecule has 0 unspecified atom stereocenters. The van der Waals surface area contributed by atoms with Crippen LogP contribution < -0.4 is 15.8 Å². The third kappa shape index (κ3) is 5.41. The van der Waals surface area contributed by atoms with E-state index in [4.69, 9.17) is 22.7 Å². The lowest BCUT2D eigenvalue weighted by molar-refractivity contribution is -0.142. The molecule has 150 valence electrons. The Bertz CT molecular complexity index is 992. The molecule has 3 N–H and O–H groups in total. The molecular formula is C20H17FN2O4S2. The Morgan fingerprint density at radius 3 is 2.62 bits per heavy atom. The number of methoxy groups -OCH3 is 1. The van der Waals surface area contributed by atoms with Crippen LogP contribution >= 0.6 is 24.0 Å². The molecule has 0 spiro atoms. The molecule has 1 aliphatic heterocycles. The third-order valence-corrected chi connectivity index (χ3v) is 5.17. The zero-order valence-corrected chi connectivity index (χ0v) is 16.9. The van der Waals surface area contributed by atoms with Crippen LogP contribution in [0.5, 0.6) is 11.5 Å². The van der Waals surface area contributed by atoms with Crippen molar-refractivity contribution in [1.29, 1.82) is 0 Å². The predicted octanol–water partition coefficient (Wildman–Crippen LogP) is 3.15. The van der Waals surface area contributed by atoms with Crippen molar-refractivity contribution >= 4 is 46.3 Å². The fourth-order valence-corrected chi connectivity index (χ4v) is 3.62. The molecule has 1 amide bonds. The van der Waals surface area contributed by atoms with Crippen LogP contribution in [0.15, 0.2) is 47.4 Å². The molecule has 1 aliphatic rings. The van der Waals surface area contributed by atoms with Crippen LogP contribution in [0.2, 0.25) is 0 Å². The van der Waals surface area contributed by atoms with E-state index in [1.165, 1.54) is 19.2 Å². The van der Waals surface area contributed by atoms with Gasteiger partial charge >= 0.3 is 5.97 Å². The summed E-state index contributed by atoms with van der Waals surface area (Å²) in [5.41, 5.74) is 7.08. The smallest absolute Gasteiger partial charge is 0.322 e. The maximum Gasteiger partial charge on any atom is 0.322 e. The zero-order valence-electron chi connectivity index (χ0n) is 15.3. The molecule has 2 aromatic carbocycles. The number of rotatable bonds is 6. The molecule has 0 aliphatic carbocycles. The summed E-state index contributed by atoms with van der Waals surface area (Å²) in [6.07, 6.45) is 1.88. The van der Waals surface area contributed by atoms with Gasteiger partial charge in [0, 0.05) is 0 Å². The first-order chi connectivity index (χ1) is 13.9. The normalized spacial score (nSPS) is 15.9. The summed E-state index contributed by atoms with van der Waals surface area (Å²) < 4.78 is 25.0. The molecule has 29 heavy (non-hydrogen) atoms. The molecule has 1 saturated heterocycles. The van der Waals surface area contributed by atoms with Gasteiger partial charge in [-0.3, -0.25) is 9.59 Å². The van der Waals surface area contributed by atoms with E-state index < -0.39 is 17.8 Å². The number of esters is 1. The Hall–Kier alpha value is -2.75. The first-order valence-electron chi connectivity index (χ1n) is 8.50. The van der Waals surface area contributed by atoms with E-state index in [1.54, 1.807) is 36.4 Å². The Balaban J connectivity index is 1.67. The second-order valence-corrected chi connectivity index (χ2v) is 7.84. The molecule has 2 aromatic rings. The van der Waals surface area contributed by atoms with Crippen LogP contribution in [0.1, 0.15) is 11.1 Å². The lowest BCUT2D eigenvalue weighted by atomic mass is 10.1. The summed E-state index contributed by atoms with van der Waals surface area (Å²) in [5.74, 6) is -0.876. The molecule has 0 aromatic heterocycles. The minimum absolute atomic E-state index is 0.0465. The lowest BCUT2D eigenvalue weighted by Crippen LogP contribution is -2.33. The average Bonchev–Trinajstić information content (AvgIpc) is 3.01. The Morgan fingerprint density at radius 2 is 2.03 bits per heavy atom. The van der Waals surface area contributed by atoms with Crippen molar-refractivity contribution < 1.29 is 23.5 Å². The number of thioether (sulfide) groups is 1. The van der Waals surface area contributed by atoms with Crippen molar-refractivity contribution in [2.75, 3.05) is 7.11 Å². The SMILES string of the molecule is COC(=O)[C@@H](N)Cc1ccc(Oc2ccc(/C=C3\SC(=S)NC3=O)cc2F)cc1. The van der Waals surface area contributed by atoms with E-state index in [2.05, 4.69) is 10.1 Å². The largest absolute Gasteiger partial charge is 0.468 e. The standard InChI is InChI=1S/C20H17FN2O4S2/c1-26-19(25)15(22)9-11-2-5-13(6-3-11)27-16-7-4-12(8-14(16)21)10-17-18(24)23-20(28)29-17/h2-8,10,15H,9,22H2,1H3,(H,23,24,28)/b17-10-/t15-/m0/s1. The van der Waals surface area contributed by atoms with Crippen LogP contribution in [0, 0.1) is 5.82 Å². The fourth-order valence-electron chi connectivity index (χ4n) is 2.57. The van der Waals surface area contributed by atoms with Crippen LogP contribution in [0.3, 0.4) is 0 Å². The second kappa shape index (κ2) is 9.17. The molecule has 6 nitrogen and oxygen atoms in total. The van der Waals surface area contributed by atoms with Gasteiger partial charge < -0.3 is 20.5 Å². The van der Waals surface area contributed by atoms with Gasteiger partial charge in [0.05, 0.1) is 12.0 Å². The molecule has 1 heterocycles. The number of hydrogen-bond donors (Lipinski definition) is 2. The monoisotopic (exact) mass is 432 g/mol. The highest BCUT2D eigenvalue weighted by molar-refractivity contribution is 8.26. The number of carbonyl (C=O) groups is 2. The summed E-state index contributed by atoms with van der Waals surface area (Å²) in [6, 6.07) is 10.5.